The van der Waals surface area contributed by atoms with E-state index in [9.17, 15) is 4.79 Å². The van der Waals surface area contributed by atoms with Gasteiger partial charge in [-0.2, -0.15) is 0 Å². The molecular formula is C19H25N3O3S. The molecule has 3 rings (SSSR count). The monoisotopic (exact) mass is 375 g/mol. The van der Waals surface area contributed by atoms with E-state index in [-0.39, 0.29) is 5.91 Å². The van der Waals surface area contributed by atoms with Gasteiger partial charge in [0, 0.05) is 18.7 Å². The van der Waals surface area contributed by atoms with Crippen LogP contribution in [0.25, 0.3) is 10.6 Å². The number of aryl methyl sites for hydroxylation is 1. The fourth-order valence-corrected chi connectivity index (χ4v) is 4.33. The Balaban J connectivity index is 1.82. The Morgan fingerprint density at radius 1 is 1.35 bits per heavy atom. The fraction of sp³-hybridized carbons (Fsp3) is 0.474. The molecule has 140 valence electrons. The smallest absolute Gasteiger partial charge is 0.265 e. The Hall–Kier alpha value is -2.12. The van der Waals surface area contributed by atoms with E-state index in [4.69, 9.17) is 9.47 Å². The van der Waals surface area contributed by atoms with Crippen molar-refractivity contribution in [1.82, 2.24) is 15.2 Å². The molecule has 2 aromatic rings. The van der Waals surface area contributed by atoms with E-state index in [1.165, 1.54) is 11.3 Å². The molecule has 7 heteroatoms. The van der Waals surface area contributed by atoms with Gasteiger partial charge in [-0.25, -0.2) is 4.98 Å². The highest BCUT2D eigenvalue weighted by molar-refractivity contribution is 7.17. The molecular weight excluding hydrogens is 350 g/mol. The minimum atomic E-state index is 0.0883. The van der Waals surface area contributed by atoms with Crippen LogP contribution in [0.2, 0.25) is 0 Å². The van der Waals surface area contributed by atoms with Crippen LogP contribution >= 0.6 is 11.3 Å². The maximum atomic E-state index is 12.9. The van der Waals surface area contributed by atoms with Crippen molar-refractivity contribution in [2.24, 2.45) is 5.92 Å². The molecule has 1 aliphatic rings. The van der Waals surface area contributed by atoms with Gasteiger partial charge in [0.15, 0.2) is 11.5 Å². The lowest BCUT2D eigenvalue weighted by atomic mass is 10.1. The molecule has 0 radical (unpaired) electrons. The summed E-state index contributed by atoms with van der Waals surface area (Å²) in [6.45, 7) is 4.47. The standard InChI is InChI=1S/C19H25N3O3S/c1-12-17(19(23)22-8-7-13(11-22)10-20-2)26-18(21-12)14-5-6-15(24-3)16(9-14)25-4/h5-6,9,13,20H,7-8,10-11H2,1-4H3. The summed E-state index contributed by atoms with van der Waals surface area (Å²) in [7, 11) is 5.17. The van der Waals surface area contributed by atoms with Crippen LogP contribution in [0.5, 0.6) is 11.5 Å². The highest BCUT2D eigenvalue weighted by Gasteiger charge is 2.29. The first-order valence-electron chi connectivity index (χ1n) is 8.71. The van der Waals surface area contributed by atoms with E-state index in [0.29, 0.717) is 17.4 Å². The molecule has 1 amide bonds. The highest BCUT2D eigenvalue weighted by atomic mass is 32.1. The van der Waals surface area contributed by atoms with Gasteiger partial charge in [0.05, 0.1) is 19.9 Å². The zero-order valence-corrected chi connectivity index (χ0v) is 16.5. The first-order chi connectivity index (χ1) is 12.6. The van der Waals surface area contributed by atoms with Crippen molar-refractivity contribution in [3.63, 3.8) is 0 Å². The number of hydrogen-bond acceptors (Lipinski definition) is 6. The van der Waals surface area contributed by atoms with Crippen LogP contribution in [0.1, 0.15) is 21.8 Å². The number of ether oxygens (including phenoxy) is 2. The number of thiazole rings is 1. The van der Waals surface area contributed by atoms with Crippen LogP contribution in [0.4, 0.5) is 0 Å². The molecule has 1 aromatic heterocycles. The number of carbonyl (C=O) groups excluding carboxylic acids is 1. The molecule has 1 aliphatic heterocycles. The summed E-state index contributed by atoms with van der Waals surface area (Å²) in [5.41, 5.74) is 1.70. The minimum Gasteiger partial charge on any atom is -0.493 e. The zero-order valence-electron chi connectivity index (χ0n) is 15.7. The lowest BCUT2D eigenvalue weighted by Gasteiger charge is -2.15. The molecule has 0 bridgehead atoms. The Morgan fingerprint density at radius 3 is 2.81 bits per heavy atom. The molecule has 1 N–H and O–H groups in total. The van der Waals surface area contributed by atoms with Crippen molar-refractivity contribution in [3.05, 3.63) is 28.8 Å². The van der Waals surface area contributed by atoms with Gasteiger partial charge in [0.2, 0.25) is 0 Å². The third-order valence-electron chi connectivity index (χ3n) is 4.69. The normalized spacial score (nSPS) is 16.8. The number of aromatic nitrogens is 1. The average molecular weight is 375 g/mol. The van der Waals surface area contributed by atoms with E-state index in [1.54, 1.807) is 14.2 Å². The number of benzene rings is 1. The van der Waals surface area contributed by atoms with Crippen LogP contribution in [0.15, 0.2) is 18.2 Å². The van der Waals surface area contributed by atoms with Crippen molar-refractivity contribution in [2.75, 3.05) is 40.9 Å². The number of methoxy groups -OCH3 is 2. The van der Waals surface area contributed by atoms with Crippen molar-refractivity contribution < 1.29 is 14.3 Å². The van der Waals surface area contributed by atoms with E-state index in [0.717, 1.165) is 47.2 Å². The SMILES string of the molecule is CNCC1CCN(C(=O)c2sc(-c3ccc(OC)c(OC)c3)nc2C)C1. The molecule has 26 heavy (non-hydrogen) atoms. The maximum Gasteiger partial charge on any atom is 0.265 e. The molecule has 1 aromatic carbocycles. The van der Waals surface area contributed by atoms with Crippen LogP contribution in [0.3, 0.4) is 0 Å². The van der Waals surface area contributed by atoms with Gasteiger partial charge in [0.1, 0.15) is 9.88 Å². The van der Waals surface area contributed by atoms with Gasteiger partial charge in [-0.15, -0.1) is 11.3 Å². The number of likely N-dealkylation sites (tertiary alicyclic amines) is 1. The van der Waals surface area contributed by atoms with Crippen molar-refractivity contribution in [3.8, 4) is 22.1 Å². The highest BCUT2D eigenvalue weighted by Crippen LogP contribution is 2.35. The van der Waals surface area contributed by atoms with Gasteiger partial charge in [0.25, 0.3) is 5.91 Å². The number of nitrogens with one attached hydrogen (secondary N) is 1. The molecule has 1 fully saturated rings. The first kappa shape index (κ1) is 18.7. The zero-order chi connectivity index (χ0) is 18.7. The third-order valence-corrected chi connectivity index (χ3v) is 5.88. The molecule has 2 heterocycles. The summed E-state index contributed by atoms with van der Waals surface area (Å²) in [6.07, 6.45) is 1.05. The predicted molar refractivity (Wildman–Crippen MR) is 103 cm³/mol. The molecule has 1 saturated heterocycles. The van der Waals surface area contributed by atoms with E-state index in [2.05, 4.69) is 10.3 Å². The molecule has 1 unspecified atom stereocenters. The summed E-state index contributed by atoms with van der Waals surface area (Å²) >= 11 is 1.44. The summed E-state index contributed by atoms with van der Waals surface area (Å²) in [5.74, 6) is 1.95. The number of hydrogen-bond donors (Lipinski definition) is 1. The van der Waals surface area contributed by atoms with Crippen molar-refractivity contribution >= 4 is 17.2 Å². The van der Waals surface area contributed by atoms with E-state index >= 15 is 0 Å². The average Bonchev–Trinajstić information content (AvgIpc) is 3.27. The van der Waals surface area contributed by atoms with Crippen molar-refractivity contribution in [2.45, 2.75) is 13.3 Å². The van der Waals surface area contributed by atoms with Gasteiger partial charge >= 0.3 is 0 Å². The summed E-state index contributed by atoms with van der Waals surface area (Å²) in [4.78, 5) is 20.2. The van der Waals surface area contributed by atoms with Gasteiger partial charge < -0.3 is 19.7 Å². The Bertz CT molecular complexity index is 790. The second kappa shape index (κ2) is 8.05. The lowest BCUT2D eigenvalue weighted by molar-refractivity contribution is 0.0791. The van der Waals surface area contributed by atoms with Crippen LogP contribution in [-0.4, -0.2) is 56.7 Å². The number of carbonyl (C=O) groups is 1. The third kappa shape index (κ3) is 3.68. The first-order valence-corrected chi connectivity index (χ1v) is 9.52. The van der Waals surface area contributed by atoms with Gasteiger partial charge in [-0.05, 0) is 51.1 Å². The van der Waals surface area contributed by atoms with Crippen LogP contribution in [-0.2, 0) is 0 Å². The quantitative estimate of drug-likeness (QED) is 0.841. The Morgan fingerprint density at radius 2 is 2.12 bits per heavy atom. The number of nitrogens with zero attached hydrogens (tertiary/aromatic N) is 2. The molecule has 6 nitrogen and oxygen atoms in total. The topological polar surface area (TPSA) is 63.7 Å². The van der Waals surface area contributed by atoms with E-state index < -0.39 is 0 Å². The van der Waals surface area contributed by atoms with Gasteiger partial charge in [-0.3, -0.25) is 4.79 Å². The summed E-state index contributed by atoms with van der Waals surface area (Å²) < 4.78 is 10.7. The summed E-state index contributed by atoms with van der Waals surface area (Å²) in [6, 6.07) is 5.69. The Kier molecular flexibility index (Phi) is 5.78. The maximum absolute atomic E-state index is 12.9. The van der Waals surface area contributed by atoms with E-state index in [1.807, 2.05) is 37.1 Å². The Labute approximate surface area is 158 Å². The molecule has 0 saturated carbocycles. The number of rotatable bonds is 6. The lowest BCUT2D eigenvalue weighted by Crippen LogP contribution is -2.30. The molecule has 0 spiro atoms. The molecule has 1 atom stereocenters. The van der Waals surface area contributed by atoms with Gasteiger partial charge in [-0.1, -0.05) is 0 Å². The molecule has 0 aliphatic carbocycles. The second-order valence-electron chi connectivity index (χ2n) is 6.47. The summed E-state index contributed by atoms with van der Waals surface area (Å²) in [5, 5.41) is 4.01. The van der Waals surface area contributed by atoms with Crippen LogP contribution in [0, 0.1) is 12.8 Å². The fourth-order valence-electron chi connectivity index (χ4n) is 3.30. The van der Waals surface area contributed by atoms with Crippen molar-refractivity contribution in [1.29, 1.82) is 0 Å². The second-order valence-corrected chi connectivity index (χ2v) is 7.47. The van der Waals surface area contributed by atoms with Crippen LogP contribution < -0.4 is 14.8 Å². The predicted octanol–water partition coefficient (Wildman–Crippen LogP) is 2.82. The number of amides is 1. The largest absolute Gasteiger partial charge is 0.493 e. The minimum absolute atomic E-state index is 0.0883.